The minimum atomic E-state index is 0.262. The van der Waals surface area contributed by atoms with Gasteiger partial charge in [0.2, 0.25) is 5.91 Å². The number of aryl methyl sites for hydroxylation is 1. The number of nitrogens with zero attached hydrogens (tertiary/aromatic N) is 3. The van der Waals surface area contributed by atoms with Crippen molar-refractivity contribution < 1.29 is 9.53 Å². The van der Waals surface area contributed by atoms with E-state index in [1.165, 1.54) is 0 Å². The fraction of sp³-hybridized carbons (Fsp3) is 0.500. The van der Waals surface area contributed by atoms with Gasteiger partial charge in [0.1, 0.15) is 11.9 Å². The second-order valence-electron chi connectivity index (χ2n) is 8.28. The maximum Gasteiger partial charge on any atom is 0.222 e. The molecule has 1 amide bonds. The molecular formula is C24H30ClN3O2. The Morgan fingerprint density at radius 1 is 1.03 bits per heavy atom. The third kappa shape index (κ3) is 5.73. The van der Waals surface area contributed by atoms with Crippen molar-refractivity contribution in [3.8, 4) is 5.75 Å². The largest absolute Gasteiger partial charge is 0.490 e. The van der Waals surface area contributed by atoms with E-state index in [1.807, 2.05) is 41.3 Å². The number of amides is 1. The molecule has 2 aliphatic heterocycles. The molecule has 1 aromatic carbocycles. The highest BCUT2D eigenvalue weighted by Gasteiger charge is 2.30. The van der Waals surface area contributed by atoms with Gasteiger partial charge < -0.3 is 9.64 Å². The normalized spacial score (nSPS) is 19.0. The summed E-state index contributed by atoms with van der Waals surface area (Å²) in [6, 6.07) is 12.2. The van der Waals surface area contributed by atoms with Crippen LogP contribution in [-0.2, 0) is 11.2 Å². The highest BCUT2D eigenvalue weighted by molar-refractivity contribution is 6.30. The predicted molar refractivity (Wildman–Crippen MR) is 119 cm³/mol. The van der Waals surface area contributed by atoms with Crippen molar-refractivity contribution in [2.75, 3.05) is 26.2 Å². The summed E-state index contributed by atoms with van der Waals surface area (Å²) in [5.74, 6) is 1.17. The number of hydrogen-bond donors (Lipinski definition) is 0. The van der Waals surface area contributed by atoms with Crippen LogP contribution < -0.4 is 4.74 Å². The van der Waals surface area contributed by atoms with E-state index in [-0.39, 0.29) is 12.0 Å². The van der Waals surface area contributed by atoms with Crippen LogP contribution in [0.4, 0.5) is 0 Å². The quantitative estimate of drug-likeness (QED) is 0.693. The van der Waals surface area contributed by atoms with Crippen LogP contribution in [0.25, 0.3) is 0 Å². The standard InChI is InChI=1S/C24H30ClN3O2/c25-20-3-1-2-19(18-20)4-5-24(29)28-14-8-21(9-15-28)27-16-10-23(11-17-27)30-22-6-12-26-13-7-22/h1-3,6-7,12-13,18,21,23H,4-5,8-11,14-17H2. The van der Waals surface area contributed by atoms with Gasteiger partial charge in [-0.05, 0) is 61.9 Å². The Balaban J connectivity index is 1.17. The summed E-state index contributed by atoms with van der Waals surface area (Å²) in [5.41, 5.74) is 1.13. The average Bonchev–Trinajstić information content (AvgIpc) is 2.79. The molecule has 160 valence electrons. The number of hydrogen-bond acceptors (Lipinski definition) is 4. The molecule has 0 aliphatic carbocycles. The first kappa shape index (κ1) is 21.1. The summed E-state index contributed by atoms with van der Waals surface area (Å²) < 4.78 is 6.08. The molecule has 4 rings (SSSR count). The highest BCUT2D eigenvalue weighted by atomic mass is 35.5. The van der Waals surface area contributed by atoms with Gasteiger partial charge in [-0.1, -0.05) is 23.7 Å². The lowest BCUT2D eigenvalue weighted by Crippen LogP contribution is -2.50. The molecule has 30 heavy (non-hydrogen) atoms. The van der Waals surface area contributed by atoms with Crippen molar-refractivity contribution >= 4 is 17.5 Å². The van der Waals surface area contributed by atoms with Gasteiger partial charge in [-0.2, -0.15) is 0 Å². The van der Waals surface area contributed by atoms with E-state index in [2.05, 4.69) is 9.88 Å². The number of halogens is 1. The number of ether oxygens (including phenoxy) is 1. The molecule has 2 saturated heterocycles. The number of piperidine rings is 2. The van der Waals surface area contributed by atoms with E-state index in [0.29, 0.717) is 12.5 Å². The Morgan fingerprint density at radius 2 is 1.77 bits per heavy atom. The van der Waals surface area contributed by atoms with Crippen molar-refractivity contribution in [1.82, 2.24) is 14.8 Å². The summed E-state index contributed by atoms with van der Waals surface area (Å²) in [7, 11) is 0. The van der Waals surface area contributed by atoms with Gasteiger partial charge in [0.25, 0.3) is 0 Å². The topological polar surface area (TPSA) is 45.7 Å². The van der Waals surface area contributed by atoms with Gasteiger partial charge >= 0.3 is 0 Å². The number of rotatable bonds is 6. The third-order valence-electron chi connectivity index (χ3n) is 6.28. The minimum Gasteiger partial charge on any atom is -0.490 e. The van der Waals surface area contributed by atoms with Gasteiger partial charge in [0, 0.05) is 56.1 Å². The Labute approximate surface area is 184 Å². The van der Waals surface area contributed by atoms with Crippen LogP contribution in [0.5, 0.6) is 5.75 Å². The number of benzene rings is 1. The van der Waals surface area contributed by atoms with Crippen molar-refractivity contribution in [2.45, 2.75) is 50.7 Å². The summed E-state index contributed by atoms with van der Waals surface area (Å²) in [6.07, 6.45) is 9.40. The predicted octanol–water partition coefficient (Wildman–Crippen LogP) is 4.20. The zero-order valence-corrected chi connectivity index (χ0v) is 18.1. The van der Waals surface area contributed by atoms with Gasteiger partial charge in [-0.3, -0.25) is 14.7 Å². The third-order valence-corrected chi connectivity index (χ3v) is 6.51. The molecule has 0 saturated carbocycles. The molecule has 0 radical (unpaired) electrons. The SMILES string of the molecule is O=C(CCc1cccc(Cl)c1)N1CCC(N2CCC(Oc3ccncc3)CC2)CC1. The number of aromatic nitrogens is 1. The van der Waals surface area contributed by atoms with E-state index >= 15 is 0 Å². The maximum absolute atomic E-state index is 12.6. The van der Waals surface area contributed by atoms with Crippen LogP contribution in [0.2, 0.25) is 5.02 Å². The van der Waals surface area contributed by atoms with Crippen LogP contribution in [0, 0.1) is 0 Å². The average molecular weight is 428 g/mol. The molecule has 2 aliphatic rings. The van der Waals surface area contributed by atoms with Crippen molar-refractivity contribution in [3.63, 3.8) is 0 Å². The van der Waals surface area contributed by atoms with Crippen LogP contribution in [0.1, 0.15) is 37.7 Å². The highest BCUT2D eigenvalue weighted by Crippen LogP contribution is 2.24. The zero-order chi connectivity index (χ0) is 20.8. The molecule has 1 aromatic heterocycles. The Kier molecular flexibility index (Phi) is 7.24. The molecule has 0 unspecified atom stereocenters. The fourth-order valence-electron chi connectivity index (χ4n) is 4.55. The summed E-state index contributed by atoms with van der Waals surface area (Å²) in [5, 5.41) is 0.732. The molecule has 2 aromatic rings. The van der Waals surface area contributed by atoms with Gasteiger partial charge in [0.15, 0.2) is 0 Å². The van der Waals surface area contributed by atoms with Crippen molar-refractivity contribution in [1.29, 1.82) is 0 Å². The second kappa shape index (κ2) is 10.3. The van der Waals surface area contributed by atoms with E-state index in [4.69, 9.17) is 16.3 Å². The van der Waals surface area contributed by atoms with Gasteiger partial charge in [-0.15, -0.1) is 0 Å². The molecule has 5 nitrogen and oxygen atoms in total. The Bertz CT molecular complexity index is 816. The second-order valence-corrected chi connectivity index (χ2v) is 8.71. The summed E-state index contributed by atoms with van der Waals surface area (Å²) >= 11 is 6.04. The van der Waals surface area contributed by atoms with E-state index in [9.17, 15) is 4.79 Å². The van der Waals surface area contributed by atoms with Gasteiger partial charge in [0.05, 0.1) is 0 Å². The molecule has 2 fully saturated rings. The summed E-state index contributed by atoms with van der Waals surface area (Å²) in [6.45, 7) is 3.88. The molecule has 3 heterocycles. The number of pyridine rings is 1. The van der Waals surface area contributed by atoms with E-state index in [1.54, 1.807) is 12.4 Å². The Morgan fingerprint density at radius 3 is 2.47 bits per heavy atom. The zero-order valence-electron chi connectivity index (χ0n) is 17.4. The molecule has 6 heteroatoms. The fourth-order valence-corrected chi connectivity index (χ4v) is 4.76. The van der Waals surface area contributed by atoms with Crippen LogP contribution in [0.15, 0.2) is 48.8 Å². The lowest BCUT2D eigenvalue weighted by molar-refractivity contribution is -0.132. The first-order valence-electron chi connectivity index (χ1n) is 11.0. The van der Waals surface area contributed by atoms with E-state index in [0.717, 1.165) is 74.6 Å². The van der Waals surface area contributed by atoms with Crippen molar-refractivity contribution in [2.24, 2.45) is 0 Å². The van der Waals surface area contributed by atoms with Crippen LogP contribution in [-0.4, -0.2) is 59.0 Å². The van der Waals surface area contributed by atoms with E-state index < -0.39 is 0 Å². The van der Waals surface area contributed by atoms with Crippen LogP contribution >= 0.6 is 11.6 Å². The Hall–Kier alpha value is -2.11. The lowest BCUT2D eigenvalue weighted by atomic mass is 9.98. The first-order chi connectivity index (χ1) is 14.7. The molecule has 0 atom stereocenters. The number of carbonyl (C=O) groups is 1. The maximum atomic E-state index is 12.6. The molecule has 0 spiro atoms. The smallest absolute Gasteiger partial charge is 0.222 e. The van der Waals surface area contributed by atoms with Crippen molar-refractivity contribution in [3.05, 3.63) is 59.4 Å². The number of likely N-dealkylation sites (tertiary alicyclic amines) is 2. The summed E-state index contributed by atoms with van der Waals surface area (Å²) in [4.78, 5) is 21.3. The lowest BCUT2D eigenvalue weighted by Gasteiger charge is -2.41. The molecular weight excluding hydrogens is 398 g/mol. The first-order valence-corrected chi connectivity index (χ1v) is 11.4. The monoisotopic (exact) mass is 427 g/mol. The van der Waals surface area contributed by atoms with Gasteiger partial charge in [-0.25, -0.2) is 0 Å². The van der Waals surface area contributed by atoms with Crippen LogP contribution in [0.3, 0.4) is 0 Å². The number of carbonyl (C=O) groups excluding carboxylic acids is 1. The molecule has 0 N–H and O–H groups in total. The minimum absolute atomic E-state index is 0.262. The molecule has 0 bridgehead atoms.